The SMILES string of the molecule is O=S(=O)(F)c1ccc2nc(-c3ccc(S(=O)(=[OH+])F)cc3)cc(Cl)c2c1. The first-order valence-corrected chi connectivity index (χ1v) is 9.85. The molecule has 0 aliphatic rings. The predicted octanol–water partition coefficient (Wildman–Crippen LogP) is 4.03. The lowest BCUT2D eigenvalue weighted by Gasteiger charge is -2.07. The second-order valence-electron chi connectivity index (χ2n) is 5.09. The fourth-order valence-corrected chi connectivity index (χ4v) is 3.47. The standard InChI is InChI=1S/C15H8ClF2NO4S2/c16-13-8-15(9-1-3-10(4-2-9)24(17,20)21)19-14-6-5-11(7-12(13)14)25(18,22)23/h1-8H/p+1. The van der Waals surface area contributed by atoms with Crippen molar-refractivity contribution < 1.29 is 24.6 Å². The number of nitrogens with zero attached hydrogens (tertiary/aromatic N) is 1. The van der Waals surface area contributed by atoms with Crippen LogP contribution in [0, 0.1) is 0 Å². The molecule has 2 aromatic carbocycles. The van der Waals surface area contributed by atoms with Gasteiger partial charge in [-0.1, -0.05) is 27.6 Å². The number of halogens is 3. The first-order valence-electron chi connectivity index (χ1n) is 6.67. The number of pyridine rings is 1. The highest BCUT2D eigenvalue weighted by Crippen LogP contribution is 2.30. The molecule has 1 unspecified atom stereocenters. The van der Waals surface area contributed by atoms with Crippen molar-refractivity contribution >= 4 is 43.0 Å². The van der Waals surface area contributed by atoms with Crippen molar-refractivity contribution in [2.45, 2.75) is 9.79 Å². The van der Waals surface area contributed by atoms with E-state index in [1.165, 1.54) is 24.3 Å². The summed E-state index contributed by atoms with van der Waals surface area (Å²) in [5, 5.41) is 0.397. The van der Waals surface area contributed by atoms with Crippen LogP contribution in [-0.2, 0) is 20.4 Å². The molecule has 5 nitrogen and oxygen atoms in total. The Hall–Kier alpha value is -2.10. The maximum absolute atomic E-state index is 13.1. The first kappa shape index (κ1) is 17.7. The molecule has 3 aromatic rings. The Labute approximate surface area is 147 Å². The second-order valence-corrected chi connectivity index (χ2v) is 8.23. The number of rotatable bonds is 3. The largest absolute Gasteiger partial charge is 0.476 e. The lowest BCUT2D eigenvalue weighted by molar-refractivity contribution is 0.552. The Balaban J connectivity index is 2.13. The molecule has 1 N–H and O–H groups in total. The van der Waals surface area contributed by atoms with Crippen LogP contribution in [0.25, 0.3) is 22.2 Å². The molecule has 1 aromatic heterocycles. The molecule has 1 atom stereocenters. The molecule has 10 heteroatoms. The summed E-state index contributed by atoms with van der Waals surface area (Å²) in [5.41, 5.74) is 1.21. The third kappa shape index (κ3) is 3.63. The third-order valence-corrected chi connectivity index (χ3v) is 5.44. The van der Waals surface area contributed by atoms with Crippen LogP contribution in [0.15, 0.2) is 58.3 Å². The van der Waals surface area contributed by atoms with Crippen LogP contribution < -0.4 is 0 Å². The van der Waals surface area contributed by atoms with Crippen molar-refractivity contribution in [3.8, 4) is 11.3 Å². The number of fused-ring (bicyclic) bond motifs is 1. The highest BCUT2D eigenvalue weighted by Gasteiger charge is 2.19. The molecule has 0 aliphatic carbocycles. The van der Waals surface area contributed by atoms with E-state index in [2.05, 4.69) is 4.98 Å². The smallest absolute Gasteiger partial charge is 0.248 e. The molecule has 0 spiro atoms. The Morgan fingerprint density at radius 3 is 2.08 bits per heavy atom. The Bertz CT molecular complexity index is 1190. The van der Waals surface area contributed by atoms with Crippen molar-refractivity contribution in [2.75, 3.05) is 0 Å². The molecule has 0 saturated heterocycles. The summed E-state index contributed by atoms with van der Waals surface area (Å²) >= 11 is 6.13. The molecule has 3 rings (SSSR count). The summed E-state index contributed by atoms with van der Waals surface area (Å²) in [6, 6.07) is 9.99. The average molecular weight is 405 g/mol. The van der Waals surface area contributed by atoms with Gasteiger partial charge in [0.15, 0.2) is 4.90 Å². The molecule has 130 valence electrons. The van der Waals surface area contributed by atoms with E-state index >= 15 is 0 Å². The molecule has 0 saturated carbocycles. The number of aromatic nitrogens is 1. The minimum atomic E-state index is -4.86. The molecular formula is C15H9ClF2NO4S2+. The fraction of sp³-hybridized carbons (Fsp3) is 0. The van der Waals surface area contributed by atoms with Gasteiger partial charge in [-0.25, -0.2) is 4.98 Å². The summed E-state index contributed by atoms with van der Waals surface area (Å²) < 4.78 is 67.9. The number of hydrogen-bond donors (Lipinski definition) is 0. The van der Waals surface area contributed by atoms with Crippen molar-refractivity contribution in [1.82, 2.24) is 4.98 Å². The van der Waals surface area contributed by atoms with Gasteiger partial charge < -0.3 is 0 Å². The maximum Gasteiger partial charge on any atom is 0.476 e. The Morgan fingerprint density at radius 2 is 1.52 bits per heavy atom. The summed E-state index contributed by atoms with van der Waals surface area (Å²) in [4.78, 5) is 3.39. The van der Waals surface area contributed by atoms with Crippen molar-refractivity contribution in [2.24, 2.45) is 0 Å². The van der Waals surface area contributed by atoms with Crippen LogP contribution in [0.3, 0.4) is 0 Å². The minimum Gasteiger partial charge on any atom is -0.248 e. The molecule has 0 fully saturated rings. The lowest BCUT2D eigenvalue weighted by Crippen LogP contribution is -1.94. The zero-order valence-electron chi connectivity index (χ0n) is 12.2. The van der Waals surface area contributed by atoms with Crippen molar-refractivity contribution in [1.29, 1.82) is 0 Å². The van der Waals surface area contributed by atoms with Gasteiger partial charge in [-0.2, -0.15) is 12.6 Å². The highest BCUT2D eigenvalue weighted by atomic mass is 35.5. The predicted molar refractivity (Wildman–Crippen MR) is 89.9 cm³/mol. The van der Waals surface area contributed by atoms with Crippen LogP contribution in [-0.4, -0.2) is 21.8 Å². The van der Waals surface area contributed by atoms with Gasteiger partial charge in [0.2, 0.25) is 0 Å². The van der Waals surface area contributed by atoms with E-state index in [0.29, 0.717) is 16.8 Å². The van der Waals surface area contributed by atoms with Gasteiger partial charge in [0.05, 0.1) is 21.1 Å². The van der Waals surface area contributed by atoms with E-state index in [1.807, 2.05) is 0 Å². The fourth-order valence-electron chi connectivity index (χ4n) is 2.26. The molecule has 0 amide bonds. The molecule has 0 bridgehead atoms. The molecule has 25 heavy (non-hydrogen) atoms. The second kappa shape index (κ2) is 6.01. The van der Waals surface area contributed by atoms with Gasteiger partial charge in [0, 0.05) is 10.9 Å². The Kier molecular flexibility index (Phi) is 4.26. The lowest BCUT2D eigenvalue weighted by atomic mass is 10.1. The number of benzene rings is 2. The van der Waals surface area contributed by atoms with Crippen LogP contribution in [0.2, 0.25) is 5.02 Å². The maximum atomic E-state index is 13.1. The van der Waals surface area contributed by atoms with E-state index < -0.39 is 25.3 Å². The Morgan fingerprint density at radius 1 is 0.920 bits per heavy atom. The summed E-state index contributed by atoms with van der Waals surface area (Å²) in [6.07, 6.45) is 0. The van der Waals surface area contributed by atoms with E-state index in [9.17, 15) is 20.4 Å². The van der Waals surface area contributed by atoms with Crippen molar-refractivity contribution in [3.05, 3.63) is 53.6 Å². The van der Waals surface area contributed by atoms with Gasteiger partial charge in [-0.3, -0.25) is 0 Å². The van der Waals surface area contributed by atoms with Crippen LogP contribution in [0.5, 0.6) is 0 Å². The summed E-state index contributed by atoms with van der Waals surface area (Å²) in [7, 11) is -9.42. The zero-order chi connectivity index (χ0) is 18.4. The van der Waals surface area contributed by atoms with Crippen LogP contribution in [0.1, 0.15) is 0 Å². The zero-order valence-corrected chi connectivity index (χ0v) is 14.6. The summed E-state index contributed by atoms with van der Waals surface area (Å²) in [5.74, 6) is 0. The molecule has 0 aliphatic heterocycles. The minimum absolute atomic E-state index is 0.144. The van der Waals surface area contributed by atoms with E-state index in [0.717, 1.165) is 24.3 Å². The van der Waals surface area contributed by atoms with E-state index in [-0.39, 0.29) is 15.3 Å². The van der Waals surface area contributed by atoms with Crippen LogP contribution in [0.4, 0.5) is 7.77 Å². The van der Waals surface area contributed by atoms with Gasteiger partial charge in [-0.15, -0.1) is 8.09 Å². The van der Waals surface area contributed by atoms with Gasteiger partial charge in [-0.05, 0) is 36.4 Å². The normalized spacial score (nSPS) is 14.4. The van der Waals surface area contributed by atoms with Crippen molar-refractivity contribution in [3.63, 3.8) is 0 Å². The van der Waals surface area contributed by atoms with E-state index in [4.69, 9.17) is 15.8 Å². The van der Waals surface area contributed by atoms with Crippen LogP contribution >= 0.6 is 11.6 Å². The quantitative estimate of drug-likeness (QED) is 0.487. The molecule has 1 heterocycles. The average Bonchev–Trinajstić information content (AvgIpc) is 2.53. The third-order valence-electron chi connectivity index (χ3n) is 3.45. The van der Waals surface area contributed by atoms with Gasteiger partial charge in [0.25, 0.3) is 0 Å². The summed E-state index contributed by atoms with van der Waals surface area (Å²) in [6.45, 7) is 0. The van der Waals surface area contributed by atoms with Gasteiger partial charge >= 0.3 is 20.4 Å². The van der Waals surface area contributed by atoms with Gasteiger partial charge in [0.1, 0.15) is 0 Å². The molecule has 0 radical (unpaired) electrons. The first-order chi connectivity index (χ1) is 11.6. The monoisotopic (exact) mass is 404 g/mol. The molecular weight excluding hydrogens is 396 g/mol. The van der Waals surface area contributed by atoms with E-state index in [1.54, 1.807) is 0 Å². The topological polar surface area (TPSA) is 85.5 Å². The number of hydrogen-bond acceptors (Lipinski definition) is 4. The highest BCUT2D eigenvalue weighted by molar-refractivity contribution is 7.86.